The van der Waals surface area contributed by atoms with Crippen molar-refractivity contribution in [2.24, 2.45) is 0 Å². The van der Waals surface area contributed by atoms with E-state index in [2.05, 4.69) is 50.5 Å². The highest BCUT2D eigenvalue weighted by atomic mass is 32.1. The number of hydrogen-bond acceptors (Lipinski definition) is 4. The molecule has 0 spiro atoms. The maximum atomic E-state index is 4.64. The summed E-state index contributed by atoms with van der Waals surface area (Å²) < 4.78 is 0. The monoisotopic (exact) mass is 326 g/mol. The Bertz CT molecular complexity index is 146. The Hall–Kier alpha value is 1.40. The highest BCUT2D eigenvalue weighted by Crippen LogP contribution is 2.19. The molecule has 110 valence electrons. The van der Waals surface area contributed by atoms with Crippen molar-refractivity contribution in [3.8, 4) is 0 Å². The average Bonchev–Trinajstić information content (AvgIpc) is 2.35. The average molecular weight is 327 g/mol. The molecule has 0 bridgehead atoms. The van der Waals surface area contributed by atoms with Gasteiger partial charge in [0, 0.05) is 10.5 Å². The van der Waals surface area contributed by atoms with Crippen molar-refractivity contribution in [3.63, 3.8) is 0 Å². The Labute approximate surface area is 136 Å². The first-order chi connectivity index (χ1) is 8.70. The fourth-order valence-corrected chi connectivity index (χ4v) is 3.21. The zero-order valence-corrected chi connectivity index (χ0v) is 15.0. The van der Waals surface area contributed by atoms with Crippen LogP contribution in [-0.2, 0) is 0 Å². The molecule has 0 heterocycles. The van der Waals surface area contributed by atoms with E-state index in [0.29, 0.717) is 10.5 Å². The van der Waals surface area contributed by atoms with Gasteiger partial charge in [-0.05, 0) is 50.0 Å². The van der Waals surface area contributed by atoms with E-state index in [1.165, 1.54) is 64.2 Å². The molecule has 0 aliphatic rings. The van der Waals surface area contributed by atoms with Crippen LogP contribution in [0.4, 0.5) is 0 Å². The molecule has 2 unspecified atom stereocenters. The SMILES string of the molecule is SCCCCC(S)CCCCC(S)CCCCS. The highest BCUT2D eigenvalue weighted by molar-refractivity contribution is 7.81. The molecule has 0 saturated carbocycles. The zero-order valence-electron chi connectivity index (χ0n) is 11.4. The summed E-state index contributed by atoms with van der Waals surface area (Å²) in [5, 5.41) is 1.18. The minimum atomic E-state index is 0.590. The van der Waals surface area contributed by atoms with E-state index >= 15 is 0 Å². The van der Waals surface area contributed by atoms with Crippen molar-refractivity contribution in [1.29, 1.82) is 0 Å². The molecule has 0 amide bonds. The van der Waals surface area contributed by atoms with Gasteiger partial charge >= 0.3 is 0 Å². The van der Waals surface area contributed by atoms with Gasteiger partial charge < -0.3 is 0 Å². The highest BCUT2D eigenvalue weighted by Gasteiger charge is 2.05. The summed E-state index contributed by atoms with van der Waals surface area (Å²) in [6.45, 7) is 0. The third kappa shape index (κ3) is 13.8. The molecule has 0 aromatic carbocycles. The Morgan fingerprint density at radius 2 is 0.778 bits per heavy atom. The van der Waals surface area contributed by atoms with Crippen LogP contribution in [0, 0.1) is 0 Å². The Morgan fingerprint density at radius 3 is 1.06 bits per heavy atom. The van der Waals surface area contributed by atoms with E-state index in [1.54, 1.807) is 0 Å². The second-order valence-electron chi connectivity index (χ2n) is 5.03. The fourth-order valence-electron chi connectivity index (χ4n) is 2.03. The van der Waals surface area contributed by atoms with Crippen molar-refractivity contribution in [3.05, 3.63) is 0 Å². The van der Waals surface area contributed by atoms with Gasteiger partial charge in [0.2, 0.25) is 0 Å². The molecule has 0 aliphatic heterocycles. The van der Waals surface area contributed by atoms with E-state index in [1.807, 2.05) is 0 Å². The summed E-state index contributed by atoms with van der Waals surface area (Å²) in [5.74, 6) is 2.02. The van der Waals surface area contributed by atoms with E-state index in [0.717, 1.165) is 11.5 Å². The van der Waals surface area contributed by atoms with Gasteiger partial charge in [-0.1, -0.05) is 25.7 Å². The van der Waals surface area contributed by atoms with Gasteiger partial charge in [0.25, 0.3) is 0 Å². The molecule has 0 aromatic rings. The van der Waals surface area contributed by atoms with Crippen LogP contribution in [0.15, 0.2) is 0 Å². The molecule has 0 fully saturated rings. The third-order valence-electron chi connectivity index (χ3n) is 3.22. The normalized spacial score (nSPS) is 14.7. The predicted octanol–water partition coefficient (Wildman–Crippen LogP) is 5.34. The van der Waals surface area contributed by atoms with Crippen molar-refractivity contribution in [2.45, 2.75) is 74.7 Å². The van der Waals surface area contributed by atoms with Crippen LogP contribution >= 0.6 is 50.5 Å². The topological polar surface area (TPSA) is 0 Å². The van der Waals surface area contributed by atoms with Crippen LogP contribution in [0.2, 0.25) is 0 Å². The summed E-state index contributed by atoms with van der Waals surface area (Å²) in [7, 11) is 0. The molecule has 0 N–H and O–H groups in total. The lowest BCUT2D eigenvalue weighted by molar-refractivity contribution is 0.565. The lowest BCUT2D eigenvalue weighted by Gasteiger charge is -2.12. The molecule has 0 aliphatic carbocycles. The lowest BCUT2D eigenvalue weighted by atomic mass is 10.0. The van der Waals surface area contributed by atoms with Crippen molar-refractivity contribution >= 4 is 50.5 Å². The van der Waals surface area contributed by atoms with Gasteiger partial charge in [-0.15, -0.1) is 0 Å². The van der Waals surface area contributed by atoms with Gasteiger partial charge in [0.1, 0.15) is 0 Å². The lowest BCUT2D eigenvalue weighted by Crippen LogP contribution is -2.02. The summed E-state index contributed by atoms with van der Waals surface area (Å²) in [4.78, 5) is 0. The molecule has 0 nitrogen and oxygen atoms in total. The van der Waals surface area contributed by atoms with Crippen molar-refractivity contribution in [2.75, 3.05) is 11.5 Å². The van der Waals surface area contributed by atoms with E-state index < -0.39 is 0 Å². The fraction of sp³-hybridized carbons (Fsp3) is 1.00. The first-order valence-corrected chi connectivity index (χ1v) is 9.58. The molecule has 0 radical (unpaired) electrons. The maximum absolute atomic E-state index is 4.64. The second-order valence-corrected chi connectivity index (χ2v) is 7.39. The third-order valence-corrected chi connectivity index (χ3v) is 4.88. The van der Waals surface area contributed by atoms with Gasteiger partial charge in [-0.2, -0.15) is 50.5 Å². The minimum absolute atomic E-state index is 0.590. The largest absolute Gasteiger partial charge is 0.179 e. The molecule has 0 saturated heterocycles. The van der Waals surface area contributed by atoms with E-state index in [4.69, 9.17) is 0 Å². The first-order valence-electron chi connectivity index (χ1n) is 7.28. The molecular weight excluding hydrogens is 296 g/mol. The van der Waals surface area contributed by atoms with Crippen LogP contribution in [0.25, 0.3) is 0 Å². The second kappa shape index (κ2) is 14.8. The van der Waals surface area contributed by atoms with Crippen LogP contribution in [-0.4, -0.2) is 22.0 Å². The minimum Gasteiger partial charge on any atom is -0.179 e. The summed E-state index contributed by atoms with van der Waals surface area (Å²) in [6, 6.07) is 0. The molecule has 4 heteroatoms. The number of unbranched alkanes of at least 4 members (excludes halogenated alkanes) is 3. The zero-order chi connectivity index (χ0) is 13.6. The smallest absolute Gasteiger partial charge is 0.00168 e. The summed E-state index contributed by atoms with van der Waals surface area (Å²) in [6.07, 6.45) is 12.6. The van der Waals surface area contributed by atoms with Crippen LogP contribution in [0.1, 0.15) is 64.2 Å². The van der Waals surface area contributed by atoms with Crippen molar-refractivity contribution < 1.29 is 0 Å². The van der Waals surface area contributed by atoms with Crippen LogP contribution < -0.4 is 0 Å². The number of thiol groups is 4. The molecule has 0 aromatic heterocycles. The molecule has 0 rings (SSSR count). The van der Waals surface area contributed by atoms with Crippen LogP contribution in [0.3, 0.4) is 0 Å². The van der Waals surface area contributed by atoms with Gasteiger partial charge in [0.15, 0.2) is 0 Å². The Kier molecular flexibility index (Phi) is 16.0. The first kappa shape index (κ1) is 19.4. The van der Waals surface area contributed by atoms with E-state index in [9.17, 15) is 0 Å². The standard InChI is InChI=1S/C14H30S4/c15-11-5-3-9-13(17)7-1-2-8-14(18)10-4-6-12-16/h13-18H,1-12H2. The molecule has 2 atom stereocenters. The molecular formula is C14H30S4. The predicted molar refractivity (Wildman–Crippen MR) is 99.4 cm³/mol. The van der Waals surface area contributed by atoms with Crippen molar-refractivity contribution in [1.82, 2.24) is 0 Å². The van der Waals surface area contributed by atoms with Gasteiger partial charge in [0.05, 0.1) is 0 Å². The maximum Gasteiger partial charge on any atom is 0.00168 e. The van der Waals surface area contributed by atoms with Crippen LogP contribution in [0.5, 0.6) is 0 Å². The Balaban J connectivity index is 3.27. The van der Waals surface area contributed by atoms with E-state index in [-0.39, 0.29) is 0 Å². The number of rotatable bonds is 13. The van der Waals surface area contributed by atoms with Gasteiger partial charge in [-0.25, -0.2) is 0 Å². The summed E-state index contributed by atoms with van der Waals surface area (Å²) in [5.41, 5.74) is 0. The number of hydrogen-bond donors (Lipinski definition) is 4. The molecule has 18 heavy (non-hydrogen) atoms. The van der Waals surface area contributed by atoms with Gasteiger partial charge in [-0.3, -0.25) is 0 Å². The quantitative estimate of drug-likeness (QED) is 0.255. The Morgan fingerprint density at radius 1 is 0.500 bits per heavy atom. The summed E-state index contributed by atoms with van der Waals surface area (Å²) >= 11 is 17.7.